The second-order valence-electron chi connectivity index (χ2n) is 5.14. The molecule has 2 aliphatic rings. The molecule has 0 bridgehead atoms. The van der Waals surface area contributed by atoms with Gasteiger partial charge in [0.25, 0.3) is 5.91 Å². The molecule has 0 saturated heterocycles. The van der Waals surface area contributed by atoms with Crippen LogP contribution in [0.5, 0.6) is 0 Å². The number of amides is 1. The van der Waals surface area contributed by atoms with Gasteiger partial charge < -0.3 is 10.0 Å². The highest BCUT2D eigenvalue weighted by atomic mass is 16.4. The number of rotatable bonds is 3. The number of carboxylic acid groups (broad SMARTS) is 1. The van der Waals surface area contributed by atoms with E-state index in [1.807, 2.05) is 18.7 Å². The molecule has 1 heterocycles. The Hall–Kier alpha value is -1.32. The topological polar surface area (TPSA) is 57.6 Å². The Balaban J connectivity index is 2.33. The van der Waals surface area contributed by atoms with E-state index in [1.54, 1.807) is 0 Å². The van der Waals surface area contributed by atoms with E-state index in [9.17, 15) is 9.59 Å². The van der Waals surface area contributed by atoms with Crippen LogP contribution in [0.2, 0.25) is 0 Å². The van der Waals surface area contributed by atoms with Crippen molar-refractivity contribution >= 4 is 11.9 Å². The summed E-state index contributed by atoms with van der Waals surface area (Å²) in [5.74, 6) is -0.958. The Morgan fingerprint density at radius 1 is 1.47 bits per heavy atom. The third-order valence-electron chi connectivity index (χ3n) is 3.68. The summed E-state index contributed by atoms with van der Waals surface area (Å²) in [5, 5.41) is 8.90. The molecule has 1 amide bonds. The first-order valence-corrected chi connectivity index (χ1v) is 6.28. The largest absolute Gasteiger partial charge is 0.481 e. The fourth-order valence-corrected chi connectivity index (χ4v) is 3.02. The first kappa shape index (κ1) is 12.1. The van der Waals surface area contributed by atoms with Gasteiger partial charge in [0.1, 0.15) is 0 Å². The molecule has 17 heavy (non-hydrogen) atoms. The first-order valence-electron chi connectivity index (χ1n) is 6.28. The van der Waals surface area contributed by atoms with Crippen LogP contribution in [0.3, 0.4) is 0 Å². The maximum Gasteiger partial charge on any atom is 0.308 e. The molecule has 1 aliphatic heterocycles. The van der Waals surface area contributed by atoms with Crippen molar-refractivity contribution in [1.29, 1.82) is 0 Å². The zero-order valence-corrected chi connectivity index (χ0v) is 10.4. The van der Waals surface area contributed by atoms with E-state index < -0.39 is 5.97 Å². The third kappa shape index (κ3) is 2.08. The number of carbonyl (C=O) groups excluding carboxylic acids is 1. The molecule has 1 fully saturated rings. The number of hydrogen-bond acceptors (Lipinski definition) is 2. The van der Waals surface area contributed by atoms with Gasteiger partial charge in [-0.25, -0.2) is 0 Å². The second-order valence-corrected chi connectivity index (χ2v) is 5.14. The Labute approximate surface area is 101 Å². The van der Waals surface area contributed by atoms with E-state index in [0.717, 1.165) is 31.3 Å². The van der Waals surface area contributed by atoms with Crippen LogP contribution in [-0.4, -0.2) is 34.0 Å². The Kier molecular flexibility index (Phi) is 3.22. The lowest BCUT2D eigenvalue weighted by molar-refractivity contribution is -0.138. The molecule has 0 aromatic carbocycles. The fraction of sp³-hybridized carbons (Fsp3) is 0.692. The molecule has 1 aliphatic carbocycles. The molecule has 94 valence electrons. The summed E-state index contributed by atoms with van der Waals surface area (Å²) >= 11 is 0. The highest BCUT2D eigenvalue weighted by Gasteiger charge is 2.41. The molecular formula is C13H19NO3. The molecule has 4 heteroatoms. The van der Waals surface area contributed by atoms with Crippen LogP contribution in [0, 0.1) is 0 Å². The number of hydrogen-bond donors (Lipinski definition) is 1. The van der Waals surface area contributed by atoms with Crippen LogP contribution in [-0.2, 0) is 9.59 Å². The van der Waals surface area contributed by atoms with Gasteiger partial charge in [-0.05, 0) is 38.7 Å². The predicted molar refractivity (Wildman–Crippen MR) is 63.5 cm³/mol. The molecule has 1 saturated carbocycles. The summed E-state index contributed by atoms with van der Waals surface area (Å²) in [5.41, 5.74) is 1.65. The highest BCUT2D eigenvalue weighted by Crippen LogP contribution is 2.38. The van der Waals surface area contributed by atoms with Crippen molar-refractivity contribution in [3.63, 3.8) is 0 Å². The van der Waals surface area contributed by atoms with Gasteiger partial charge in [-0.3, -0.25) is 9.59 Å². The van der Waals surface area contributed by atoms with Gasteiger partial charge in [-0.1, -0.05) is 6.42 Å². The van der Waals surface area contributed by atoms with Crippen LogP contribution in [0.25, 0.3) is 0 Å². The molecule has 2 rings (SSSR count). The number of nitrogens with zero attached hydrogens (tertiary/aromatic N) is 1. The third-order valence-corrected chi connectivity index (χ3v) is 3.68. The van der Waals surface area contributed by atoms with Crippen LogP contribution < -0.4 is 0 Å². The average molecular weight is 237 g/mol. The lowest BCUT2D eigenvalue weighted by Crippen LogP contribution is -2.41. The molecule has 0 radical (unpaired) electrons. The minimum atomic E-state index is -0.907. The van der Waals surface area contributed by atoms with Crippen molar-refractivity contribution in [2.45, 2.75) is 58.0 Å². The second kappa shape index (κ2) is 4.51. The van der Waals surface area contributed by atoms with Crippen LogP contribution >= 0.6 is 0 Å². The monoisotopic (exact) mass is 237 g/mol. The van der Waals surface area contributed by atoms with E-state index in [2.05, 4.69) is 0 Å². The van der Waals surface area contributed by atoms with Crippen LogP contribution in [0.1, 0.15) is 46.0 Å². The van der Waals surface area contributed by atoms with E-state index in [4.69, 9.17) is 5.11 Å². The standard InChI is InChI=1S/C13H19NO3/c1-8(2)14-11-6-4-3-5-9(11)10(13(14)17)7-12(15)16/h8,11H,3-7H2,1-2H3,(H,15,16)/t11-/m0/s1. The van der Waals surface area contributed by atoms with Gasteiger partial charge in [0.05, 0.1) is 12.5 Å². The van der Waals surface area contributed by atoms with E-state index in [1.165, 1.54) is 0 Å². The zero-order chi connectivity index (χ0) is 12.6. The first-order chi connectivity index (χ1) is 8.02. The van der Waals surface area contributed by atoms with Crippen molar-refractivity contribution in [2.75, 3.05) is 0 Å². The lowest BCUT2D eigenvalue weighted by Gasteiger charge is -2.33. The number of carbonyl (C=O) groups is 2. The Morgan fingerprint density at radius 3 is 2.76 bits per heavy atom. The molecular weight excluding hydrogens is 218 g/mol. The van der Waals surface area contributed by atoms with Gasteiger partial charge in [-0.2, -0.15) is 0 Å². The summed E-state index contributed by atoms with van der Waals surface area (Å²) < 4.78 is 0. The minimum absolute atomic E-state index is 0.0516. The predicted octanol–water partition coefficient (Wildman–Crippen LogP) is 1.95. The maximum atomic E-state index is 12.3. The summed E-state index contributed by atoms with van der Waals surface area (Å²) in [6.07, 6.45) is 3.97. The van der Waals surface area contributed by atoms with Crippen molar-refractivity contribution in [1.82, 2.24) is 4.90 Å². The SMILES string of the molecule is CC(C)N1C(=O)C(CC(=O)O)=C2CCCC[C@@H]21. The minimum Gasteiger partial charge on any atom is -0.481 e. The normalized spacial score (nSPS) is 24.5. The Bertz CT molecular complexity index is 384. The summed E-state index contributed by atoms with van der Waals surface area (Å²) in [6, 6.07) is 0.317. The smallest absolute Gasteiger partial charge is 0.308 e. The van der Waals surface area contributed by atoms with Crippen molar-refractivity contribution in [2.24, 2.45) is 0 Å². The van der Waals surface area contributed by atoms with Crippen molar-refractivity contribution in [3.05, 3.63) is 11.1 Å². The maximum absolute atomic E-state index is 12.3. The zero-order valence-electron chi connectivity index (χ0n) is 10.4. The Morgan fingerprint density at radius 2 is 2.18 bits per heavy atom. The fourth-order valence-electron chi connectivity index (χ4n) is 3.02. The number of aliphatic carboxylic acids is 1. The van der Waals surface area contributed by atoms with E-state index in [0.29, 0.717) is 5.57 Å². The van der Waals surface area contributed by atoms with Crippen molar-refractivity contribution < 1.29 is 14.7 Å². The van der Waals surface area contributed by atoms with Crippen LogP contribution in [0.4, 0.5) is 0 Å². The molecule has 0 spiro atoms. The molecule has 4 nitrogen and oxygen atoms in total. The number of fused-ring (bicyclic) bond motifs is 1. The molecule has 0 unspecified atom stereocenters. The molecule has 1 N–H and O–H groups in total. The van der Waals surface area contributed by atoms with Gasteiger partial charge in [-0.15, -0.1) is 0 Å². The highest BCUT2D eigenvalue weighted by molar-refractivity contribution is 6.01. The van der Waals surface area contributed by atoms with Gasteiger partial charge >= 0.3 is 5.97 Å². The summed E-state index contributed by atoms with van der Waals surface area (Å²) in [6.45, 7) is 3.99. The molecule has 0 aromatic heterocycles. The number of carboxylic acids is 1. The van der Waals surface area contributed by atoms with E-state index in [-0.39, 0.29) is 24.4 Å². The average Bonchev–Trinajstić information content (AvgIpc) is 2.52. The van der Waals surface area contributed by atoms with E-state index >= 15 is 0 Å². The van der Waals surface area contributed by atoms with Gasteiger partial charge in [0, 0.05) is 11.6 Å². The summed E-state index contributed by atoms with van der Waals surface area (Å²) in [4.78, 5) is 25.0. The van der Waals surface area contributed by atoms with Gasteiger partial charge in [0.15, 0.2) is 0 Å². The lowest BCUT2D eigenvalue weighted by atomic mass is 9.88. The van der Waals surface area contributed by atoms with Gasteiger partial charge in [0.2, 0.25) is 0 Å². The van der Waals surface area contributed by atoms with Crippen molar-refractivity contribution in [3.8, 4) is 0 Å². The quantitative estimate of drug-likeness (QED) is 0.816. The summed E-state index contributed by atoms with van der Waals surface area (Å²) in [7, 11) is 0. The molecule has 0 aromatic rings. The molecule has 1 atom stereocenters. The van der Waals surface area contributed by atoms with Crippen LogP contribution in [0.15, 0.2) is 11.1 Å².